The van der Waals surface area contributed by atoms with E-state index >= 15 is 0 Å². The quantitative estimate of drug-likeness (QED) is 0.264. The molecule has 1 fully saturated rings. The van der Waals surface area contributed by atoms with Crippen molar-refractivity contribution >= 4 is 28.0 Å². The van der Waals surface area contributed by atoms with Gasteiger partial charge in [-0.25, -0.2) is 8.42 Å². The van der Waals surface area contributed by atoms with Gasteiger partial charge in [-0.1, -0.05) is 93.4 Å². The van der Waals surface area contributed by atoms with E-state index in [1.54, 1.807) is 30.3 Å². The lowest BCUT2D eigenvalue weighted by Crippen LogP contribution is -2.41. The van der Waals surface area contributed by atoms with Crippen molar-refractivity contribution in [3.63, 3.8) is 0 Å². The van der Waals surface area contributed by atoms with Crippen LogP contribution in [0, 0.1) is 0 Å². The first-order chi connectivity index (χ1) is 18.4. The number of sulfonamides is 1. The van der Waals surface area contributed by atoms with Gasteiger partial charge in [0.05, 0.1) is 4.90 Å². The molecule has 1 heterocycles. The fraction of sp³-hybridized carbons (Fsp3) is 0.303. The highest BCUT2D eigenvalue weighted by atomic mass is 32.2. The van der Waals surface area contributed by atoms with Gasteiger partial charge in [-0.15, -0.1) is 0 Å². The topological polar surface area (TPSA) is 54.5 Å². The number of hydrogen-bond acceptors (Lipinski definition) is 3. The minimum atomic E-state index is -3.77. The summed E-state index contributed by atoms with van der Waals surface area (Å²) in [5, 5.41) is 0. The van der Waals surface area contributed by atoms with Crippen LogP contribution >= 0.6 is 0 Å². The molecule has 4 nitrogen and oxygen atoms in total. The number of aryl methyl sites for hydroxylation is 2. The van der Waals surface area contributed by atoms with Crippen molar-refractivity contribution in [2.24, 2.45) is 0 Å². The molecule has 0 aliphatic carbocycles. The van der Waals surface area contributed by atoms with Crippen molar-refractivity contribution in [3.8, 4) is 0 Å². The Balaban J connectivity index is 1.67. The van der Waals surface area contributed by atoms with Crippen LogP contribution in [0.1, 0.15) is 61.8 Å². The molecular weight excluding hydrogens is 490 g/mol. The zero-order chi connectivity index (χ0) is 27.0. The smallest absolute Gasteiger partial charge is 0.243 e. The van der Waals surface area contributed by atoms with Gasteiger partial charge in [0.2, 0.25) is 10.0 Å². The Labute approximate surface area is 227 Å². The fourth-order valence-corrected chi connectivity index (χ4v) is 6.06. The second kappa shape index (κ2) is 13.0. The van der Waals surface area contributed by atoms with E-state index in [2.05, 4.69) is 38.1 Å². The average Bonchev–Trinajstić information content (AvgIpc) is 2.94. The number of Topliss-reactive ketones (excluding diaryl/α,β-unsaturated/α-hetero) is 1. The summed E-state index contributed by atoms with van der Waals surface area (Å²) in [5.74, 6) is -0.102. The predicted octanol–water partition coefficient (Wildman–Crippen LogP) is 7.11. The van der Waals surface area contributed by atoms with E-state index in [4.69, 9.17) is 0 Å². The number of rotatable bonds is 10. The normalized spacial score (nSPS) is 16.8. The lowest BCUT2D eigenvalue weighted by atomic mass is 9.95. The maximum atomic E-state index is 13.6. The molecule has 0 N–H and O–H groups in total. The number of ketones is 1. The van der Waals surface area contributed by atoms with E-state index in [1.807, 2.05) is 36.4 Å². The molecule has 1 saturated heterocycles. The molecule has 0 radical (unpaired) electrons. The first kappa shape index (κ1) is 27.7. The molecule has 1 aliphatic heterocycles. The molecule has 1 aliphatic rings. The third kappa shape index (κ3) is 6.97. The van der Waals surface area contributed by atoms with E-state index in [0.717, 1.165) is 49.7 Å². The molecular formula is C33H37NO3S. The summed E-state index contributed by atoms with van der Waals surface area (Å²) in [6, 6.07) is 24.8. The van der Waals surface area contributed by atoms with Gasteiger partial charge in [0, 0.05) is 24.2 Å². The Bertz CT molecular complexity index is 1310. The number of piperidine rings is 1. The van der Waals surface area contributed by atoms with Crippen LogP contribution in [-0.4, -0.2) is 31.6 Å². The standard InChI is InChI=1S/C33H37NO3S/c1-3-5-10-26-14-18-28(19-15-26)22-30-24-34(38(36,37)32-12-8-7-9-13-32)25-31(33(30)35)23-29-20-16-27(17-21-29)11-6-4-2/h7-9,12-23H,3-6,10-11,24-25H2,1-2H3. The number of carbonyl (C=O) groups excluding carboxylic acids is 1. The molecule has 0 aromatic heterocycles. The first-order valence-electron chi connectivity index (χ1n) is 13.6. The molecule has 4 rings (SSSR count). The molecule has 38 heavy (non-hydrogen) atoms. The summed E-state index contributed by atoms with van der Waals surface area (Å²) in [6.45, 7) is 4.44. The van der Waals surface area contributed by atoms with Crippen LogP contribution < -0.4 is 0 Å². The summed E-state index contributed by atoms with van der Waals surface area (Å²) >= 11 is 0. The average molecular weight is 528 g/mol. The Morgan fingerprint density at radius 1 is 0.684 bits per heavy atom. The van der Waals surface area contributed by atoms with E-state index in [0.29, 0.717) is 11.1 Å². The number of benzene rings is 3. The molecule has 0 amide bonds. The SMILES string of the molecule is CCCCc1ccc(C=C2CN(S(=O)(=O)c3ccccc3)CC(=Cc3ccc(CCCC)cc3)C2=O)cc1. The summed E-state index contributed by atoms with van der Waals surface area (Å²) in [7, 11) is -3.77. The Kier molecular flexibility index (Phi) is 9.48. The molecule has 3 aromatic carbocycles. The van der Waals surface area contributed by atoms with Gasteiger partial charge in [0.25, 0.3) is 0 Å². The van der Waals surface area contributed by atoms with Crippen molar-refractivity contribution in [3.05, 3.63) is 112 Å². The monoisotopic (exact) mass is 527 g/mol. The molecule has 0 spiro atoms. The van der Waals surface area contributed by atoms with E-state index in [9.17, 15) is 13.2 Å². The van der Waals surface area contributed by atoms with Crippen LogP contribution in [0.4, 0.5) is 0 Å². The highest BCUT2D eigenvalue weighted by Crippen LogP contribution is 2.27. The van der Waals surface area contributed by atoms with Crippen molar-refractivity contribution in [2.75, 3.05) is 13.1 Å². The van der Waals surface area contributed by atoms with Gasteiger partial charge >= 0.3 is 0 Å². The molecule has 3 aromatic rings. The van der Waals surface area contributed by atoms with Crippen molar-refractivity contribution < 1.29 is 13.2 Å². The van der Waals surface area contributed by atoms with Gasteiger partial charge in [-0.2, -0.15) is 4.31 Å². The Hall–Kier alpha value is -3.28. The van der Waals surface area contributed by atoms with Gasteiger partial charge < -0.3 is 0 Å². The number of carbonyl (C=O) groups is 1. The maximum Gasteiger partial charge on any atom is 0.243 e. The van der Waals surface area contributed by atoms with Crippen molar-refractivity contribution in [2.45, 2.75) is 57.3 Å². The maximum absolute atomic E-state index is 13.6. The molecule has 0 unspecified atom stereocenters. The van der Waals surface area contributed by atoms with Crippen molar-refractivity contribution in [1.82, 2.24) is 4.31 Å². The zero-order valence-electron chi connectivity index (χ0n) is 22.4. The predicted molar refractivity (Wildman–Crippen MR) is 156 cm³/mol. The minimum Gasteiger partial charge on any atom is -0.289 e. The molecule has 0 saturated carbocycles. The fourth-order valence-electron chi connectivity index (χ4n) is 4.64. The van der Waals surface area contributed by atoms with Gasteiger partial charge in [-0.05, 0) is 72.2 Å². The lowest BCUT2D eigenvalue weighted by Gasteiger charge is -2.29. The van der Waals surface area contributed by atoms with E-state index in [-0.39, 0.29) is 23.8 Å². The van der Waals surface area contributed by atoms with Crippen LogP contribution in [0.2, 0.25) is 0 Å². The van der Waals surface area contributed by atoms with Crippen LogP contribution in [0.3, 0.4) is 0 Å². The third-order valence-electron chi connectivity index (χ3n) is 6.94. The van der Waals surface area contributed by atoms with Gasteiger partial charge in [-0.3, -0.25) is 4.79 Å². The Morgan fingerprint density at radius 3 is 1.55 bits per heavy atom. The van der Waals surface area contributed by atoms with Gasteiger partial charge in [0.1, 0.15) is 0 Å². The lowest BCUT2D eigenvalue weighted by molar-refractivity contribution is -0.113. The first-order valence-corrected chi connectivity index (χ1v) is 15.0. The van der Waals surface area contributed by atoms with E-state index < -0.39 is 10.0 Å². The van der Waals surface area contributed by atoms with Gasteiger partial charge in [0.15, 0.2) is 5.78 Å². The van der Waals surface area contributed by atoms with Crippen molar-refractivity contribution in [1.29, 1.82) is 0 Å². The highest BCUT2D eigenvalue weighted by Gasteiger charge is 2.34. The molecule has 0 atom stereocenters. The van der Waals surface area contributed by atoms with Crippen LogP contribution in [0.5, 0.6) is 0 Å². The number of unbranched alkanes of at least 4 members (excludes halogenated alkanes) is 2. The molecule has 5 heteroatoms. The molecule has 198 valence electrons. The highest BCUT2D eigenvalue weighted by molar-refractivity contribution is 7.89. The van der Waals surface area contributed by atoms with Crippen LogP contribution in [0.15, 0.2) is 94.9 Å². The van der Waals surface area contributed by atoms with Crippen LogP contribution in [-0.2, 0) is 27.7 Å². The second-order valence-corrected chi connectivity index (χ2v) is 11.9. The Morgan fingerprint density at radius 2 is 1.13 bits per heavy atom. The second-order valence-electron chi connectivity index (χ2n) is 9.94. The summed E-state index contributed by atoms with van der Waals surface area (Å²) in [4.78, 5) is 13.8. The number of hydrogen-bond donors (Lipinski definition) is 0. The third-order valence-corrected chi connectivity index (χ3v) is 8.74. The minimum absolute atomic E-state index is 0.0426. The summed E-state index contributed by atoms with van der Waals surface area (Å²) in [5.41, 5.74) is 5.27. The number of nitrogens with zero attached hydrogens (tertiary/aromatic N) is 1. The van der Waals surface area contributed by atoms with Crippen LogP contribution in [0.25, 0.3) is 12.2 Å². The summed E-state index contributed by atoms with van der Waals surface area (Å²) < 4.78 is 28.5. The summed E-state index contributed by atoms with van der Waals surface area (Å²) in [6.07, 6.45) is 10.3. The largest absolute Gasteiger partial charge is 0.289 e. The van der Waals surface area contributed by atoms with E-state index in [1.165, 1.54) is 15.4 Å². The zero-order valence-corrected chi connectivity index (χ0v) is 23.2. The molecule has 0 bridgehead atoms.